The minimum Gasteiger partial charge on any atom is -0.336 e. The summed E-state index contributed by atoms with van der Waals surface area (Å²) in [4.78, 5) is 4.75. The standard InChI is InChI=1S/C21H19N.C21H21N.C16H17N.C16H19N.2C5H12.8C2H6/c1-21(2,16-10-4-3-5-11-16)22-19-14-8-6-12-17(19)18-13-7-9-15-20(18)22;1-21(2,18-12-6-3-7-13-18)22(19-14-8-4-9-15-19)20-16-10-5-11-17-20;1-16(2,3)17-14-10-6-4-8-12(14)13-9-5-7-11-15(13)17;1-16(2,3)17(14-10-6-4-7-11-14)15-12-8-5-9-13-15;2*1-5(2,3)4;8*1-2/h3-15H,1-2H3;3-17H,1-2H3;4-11H,1-3H3;4-13H,1-3H3;2*1-4H3;8*1-2H3. The highest BCUT2D eigenvalue weighted by atomic mass is 15.2. The molecule has 0 unspecified atom stereocenters. The minimum atomic E-state index is -0.149. The minimum absolute atomic E-state index is 0.0582. The summed E-state index contributed by atoms with van der Waals surface area (Å²) < 4.78 is 4.89. The molecule has 10 aromatic carbocycles. The predicted molar refractivity (Wildman–Crippen MR) is 479 cm³/mol. The van der Waals surface area contributed by atoms with Crippen molar-refractivity contribution in [1.82, 2.24) is 9.13 Å². The van der Waals surface area contributed by atoms with E-state index in [-0.39, 0.29) is 22.2 Å². The molecule has 4 nitrogen and oxygen atoms in total. The van der Waals surface area contributed by atoms with Crippen molar-refractivity contribution in [3.63, 3.8) is 0 Å². The van der Waals surface area contributed by atoms with E-state index >= 15 is 0 Å². The molecule has 0 atom stereocenters. The summed E-state index contributed by atoms with van der Waals surface area (Å²) in [7, 11) is 0. The molecule has 12 aromatic rings. The van der Waals surface area contributed by atoms with Gasteiger partial charge in [-0.3, -0.25) is 0 Å². The number of hydrogen-bond acceptors (Lipinski definition) is 2. The molecule has 0 saturated carbocycles. The first-order valence-corrected chi connectivity index (χ1v) is 39.5. The molecule has 0 aliphatic carbocycles. The molecule has 2 aromatic heterocycles. The fourth-order valence-electron chi connectivity index (χ4n) is 11.1. The van der Waals surface area contributed by atoms with Crippen molar-refractivity contribution < 1.29 is 0 Å². The second kappa shape index (κ2) is 50.7. The Bertz CT molecular complexity index is 3790. The monoisotopic (exact) mass is 1410 g/mol. The van der Waals surface area contributed by atoms with E-state index in [9.17, 15) is 0 Å². The molecular formula is C100H148N4. The Kier molecular flexibility index (Phi) is 47.5. The van der Waals surface area contributed by atoms with E-state index in [0.29, 0.717) is 10.8 Å². The van der Waals surface area contributed by atoms with E-state index in [1.165, 1.54) is 77.5 Å². The third-order valence-electron chi connectivity index (χ3n) is 14.6. The Labute approximate surface area is 640 Å². The number of aromatic nitrogens is 2. The van der Waals surface area contributed by atoms with Crippen LogP contribution in [-0.2, 0) is 16.6 Å². The average Bonchev–Trinajstić information content (AvgIpc) is 1.58. The highest BCUT2D eigenvalue weighted by Crippen LogP contribution is 2.41. The topological polar surface area (TPSA) is 16.3 Å². The Hall–Kier alpha value is -8.60. The van der Waals surface area contributed by atoms with Gasteiger partial charge in [-0.1, -0.05) is 372 Å². The Morgan fingerprint density at radius 3 is 0.606 bits per heavy atom. The zero-order valence-corrected chi connectivity index (χ0v) is 72.3. The zero-order valence-electron chi connectivity index (χ0n) is 72.3. The second-order valence-corrected chi connectivity index (χ2v) is 28.9. The van der Waals surface area contributed by atoms with Crippen LogP contribution in [0, 0.1) is 10.8 Å². The predicted octanol–water partition coefficient (Wildman–Crippen LogP) is 32.8. The molecule has 0 radical (unpaired) electrons. The third-order valence-corrected chi connectivity index (χ3v) is 14.6. The van der Waals surface area contributed by atoms with Crippen LogP contribution < -0.4 is 9.80 Å². The largest absolute Gasteiger partial charge is 0.336 e. The van der Waals surface area contributed by atoms with Crippen molar-refractivity contribution in [3.8, 4) is 0 Å². The van der Waals surface area contributed by atoms with Gasteiger partial charge in [0.2, 0.25) is 0 Å². The first kappa shape index (κ1) is 97.5. The zero-order chi connectivity index (χ0) is 79.9. The van der Waals surface area contributed by atoms with Gasteiger partial charge in [-0.25, -0.2) is 0 Å². The van der Waals surface area contributed by atoms with Gasteiger partial charge >= 0.3 is 0 Å². The van der Waals surface area contributed by atoms with Crippen molar-refractivity contribution in [2.45, 2.75) is 258 Å². The summed E-state index contributed by atoms with van der Waals surface area (Å²) in [5.41, 5.74) is 13.6. The average molecular weight is 1410 g/mol. The quantitative estimate of drug-likeness (QED) is 0.151. The van der Waals surface area contributed by atoms with Crippen molar-refractivity contribution in [2.24, 2.45) is 10.8 Å². The van der Waals surface area contributed by atoms with Gasteiger partial charge in [-0.05, 0) is 164 Å². The summed E-state index contributed by atoms with van der Waals surface area (Å²) in [5, 5.41) is 5.33. The number of nitrogens with zero attached hydrogens (tertiary/aromatic N) is 4. The Morgan fingerprint density at radius 1 is 0.202 bits per heavy atom. The van der Waals surface area contributed by atoms with Crippen LogP contribution in [0.5, 0.6) is 0 Å². The number of para-hydroxylation sites is 8. The summed E-state index contributed by atoms with van der Waals surface area (Å²) in [6.45, 7) is 72.1. The van der Waals surface area contributed by atoms with Crippen molar-refractivity contribution in [3.05, 3.63) is 290 Å². The summed E-state index contributed by atoms with van der Waals surface area (Å²) in [6, 6.07) is 98.2. The van der Waals surface area contributed by atoms with Gasteiger partial charge in [0.1, 0.15) is 0 Å². The fraction of sp³-hybridized carbons (Fsp3) is 0.400. The van der Waals surface area contributed by atoms with Crippen molar-refractivity contribution >= 4 is 66.4 Å². The molecule has 0 spiro atoms. The third kappa shape index (κ3) is 31.4. The van der Waals surface area contributed by atoms with Gasteiger partial charge in [0.05, 0.1) is 11.1 Å². The van der Waals surface area contributed by atoms with Gasteiger partial charge in [-0.2, -0.15) is 0 Å². The lowest BCUT2D eigenvalue weighted by Gasteiger charge is -2.41. The molecule has 568 valence electrons. The summed E-state index contributed by atoms with van der Waals surface area (Å²) in [5.74, 6) is 0. The molecule has 104 heavy (non-hydrogen) atoms. The SMILES string of the molecule is CC.CC.CC.CC.CC.CC.CC.CC.CC(C)(C)C.CC(C)(C)C.CC(C)(C)N(c1ccccc1)c1ccccc1.CC(C)(C)n1c2ccccc2c2ccccc21.CC(C)(c1ccccc1)N(c1ccccc1)c1ccccc1.CC(C)(c1ccccc1)n1c2ccccc2c2ccccc21. The Balaban J connectivity index is 0. The number of benzene rings is 10. The summed E-state index contributed by atoms with van der Waals surface area (Å²) >= 11 is 0. The molecule has 0 saturated heterocycles. The number of anilines is 4. The maximum absolute atomic E-state index is 2.47. The van der Waals surface area contributed by atoms with E-state index < -0.39 is 0 Å². The Morgan fingerprint density at radius 2 is 0.385 bits per heavy atom. The van der Waals surface area contributed by atoms with Gasteiger partial charge in [0.25, 0.3) is 0 Å². The normalized spacial score (nSPS) is 10.4. The van der Waals surface area contributed by atoms with Crippen LogP contribution in [0.25, 0.3) is 43.6 Å². The highest BCUT2D eigenvalue weighted by molar-refractivity contribution is 6.09. The lowest BCUT2D eigenvalue weighted by Crippen LogP contribution is -2.38. The number of fused-ring (bicyclic) bond motifs is 6. The van der Waals surface area contributed by atoms with Crippen molar-refractivity contribution in [1.29, 1.82) is 0 Å². The molecular weight excluding hydrogens is 1260 g/mol. The molecule has 0 fully saturated rings. The first-order valence-electron chi connectivity index (χ1n) is 39.5. The lowest BCUT2D eigenvalue weighted by molar-refractivity contribution is 0.423. The molecule has 0 bridgehead atoms. The molecule has 2 heterocycles. The highest BCUT2D eigenvalue weighted by Gasteiger charge is 2.31. The number of hydrogen-bond donors (Lipinski definition) is 0. The fourth-order valence-corrected chi connectivity index (χ4v) is 11.1. The maximum atomic E-state index is 2.47. The van der Waals surface area contributed by atoms with Gasteiger partial charge in [0.15, 0.2) is 0 Å². The second-order valence-electron chi connectivity index (χ2n) is 28.9. The van der Waals surface area contributed by atoms with Crippen LogP contribution in [0.3, 0.4) is 0 Å². The molecule has 4 heteroatoms. The van der Waals surface area contributed by atoms with E-state index in [1.54, 1.807) is 0 Å². The smallest absolute Gasteiger partial charge is 0.0646 e. The van der Waals surface area contributed by atoms with Gasteiger partial charge in [0, 0.05) is 77.4 Å². The van der Waals surface area contributed by atoms with E-state index in [0.717, 1.165) is 0 Å². The van der Waals surface area contributed by atoms with Gasteiger partial charge < -0.3 is 18.9 Å². The van der Waals surface area contributed by atoms with Crippen LogP contribution in [0.2, 0.25) is 0 Å². The van der Waals surface area contributed by atoms with E-state index in [2.05, 4.69) is 423 Å². The van der Waals surface area contributed by atoms with E-state index in [4.69, 9.17) is 0 Å². The molecule has 0 amide bonds. The molecule has 12 rings (SSSR count). The van der Waals surface area contributed by atoms with Crippen LogP contribution in [0.4, 0.5) is 22.7 Å². The van der Waals surface area contributed by atoms with Crippen LogP contribution in [0.1, 0.15) is 247 Å². The van der Waals surface area contributed by atoms with Crippen molar-refractivity contribution in [2.75, 3.05) is 9.80 Å². The lowest BCUT2D eigenvalue weighted by atomic mass is 9.91. The maximum Gasteiger partial charge on any atom is 0.0646 e. The number of rotatable bonds is 8. The molecule has 0 aliphatic rings. The van der Waals surface area contributed by atoms with Crippen LogP contribution in [-0.4, -0.2) is 14.7 Å². The van der Waals surface area contributed by atoms with Gasteiger partial charge in [-0.15, -0.1) is 0 Å². The van der Waals surface area contributed by atoms with E-state index in [1.807, 2.05) is 111 Å². The summed E-state index contributed by atoms with van der Waals surface area (Å²) in [6.07, 6.45) is 0. The molecule has 0 aliphatic heterocycles. The van der Waals surface area contributed by atoms with Crippen LogP contribution >= 0.6 is 0 Å². The first-order chi connectivity index (χ1) is 49.6. The molecule has 0 N–H and O–H groups in total. The van der Waals surface area contributed by atoms with Crippen LogP contribution in [0.15, 0.2) is 279 Å².